The molecule has 1 fully saturated rings. The number of halogens is 2. The molecule has 0 radical (unpaired) electrons. The molecule has 3 aromatic carbocycles. The smallest absolute Gasteiger partial charge is 0.321 e. The fraction of sp³-hybridized carbons (Fsp3) is 0.0909. The Kier molecular flexibility index (Phi) is 6.21. The van der Waals surface area contributed by atoms with Crippen LogP contribution in [0, 0.1) is 5.82 Å². The number of carbonyl (C=O) groups excluding carboxylic acids is 2. The second kappa shape index (κ2) is 9.08. The molecule has 8 nitrogen and oxygen atoms in total. The van der Waals surface area contributed by atoms with Gasteiger partial charge in [-0.15, -0.1) is 0 Å². The lowest BCUT2D eigenvalue weighted by molar-refractivity contribution is 0.102. The summed E-state index contributed by atoms with van der Waals surface area (Å²) in [6.45, 7) is 1.13. The molecule has 0 spiro atoms. The Balaban J connectivity index is 1.49. The van der Waals surface area contributed by atoms with Crippen LogP contribution in [0.1, 0.15) is 10.4 Å². The van der Waals surface area contributed by atoms with Crippen LogP contribution in [0.5, 0.6) is 0 Å². The maximum absolute atomic E-state index is 13.1. The normalized spacial score (nSPS) is 13.5. The Bertz CT molecular complexity index is 1320. The SMILES string of the molecule is O=C(Nc1ccc(N2CCNC2=O)cc1)c1ccc(Cl)c(NS(=O)(=O)c2ccc(F)cc2)c1. The van der Waals surface area contributed by atoms with E-state index in [-0.39, 0.29) is 27.2 Å². The monoisotopic (exact) mass is 488 g/mol. The zero-order chi connectivity index (χ0) is 23.6. The van der Waals surface area contributed by atoms with Crippen molar-refractivity contribution in [3.8, 4) is 0 Å². The van der Waals surface area contributed by atoms with Crippen molar-refractivity contribution in [2.45, 2.75) is 4.90 Å². The molecule has 3 amide bonds. The van der Waals surface area contributed by atoms with E-state index in [1.54, 1.807) is 29.2 Å². The third-order valence-corrected chi connectivity index (χ3v) is 6.60. The Morgan fingerprint density at radius 1 is 1.03 bits per heavy atom. The van der Waals surface area contributed by atoms with Gasteiger partial charge in [0.05, 0.1) is 15.6 Å². The topological polar surface area (TPSA) is 108 Å². The minimum atomic E-state index is -4.04. The number of benzene rings is 3. The number of amides is 3. The number of anilines is 3. The van der Waals surface area contributed by atoms with Gasteiger partial charge in [0.15, 0.2) is 0 Å². The van der Waals surface area contributed by atoms with Crippen LogP contribution in [0.3, 0.4) is 0 Å². The molecule has 0 unspecified atom stereocenters. The average molecular weight is 489 g/mol. The first-order chi connectivity index (χ1) is 15.7. The van der Waals surface area contributed by atoms with E-state index < -0.39 is 21.7 Å². The zero-order valence-corrected chi connectivity index (χ0v) is 18.6. The van der Waals surface area contributed by atoms with E-state index in [0.717, 1.165) is 24.3 Å². The average Bonchev–Trinajstić information content (AvgIpc) is 3.22. The fourth-order valence-corrected chi connectivity index (χ4v) is 4.50. The summed E-state index contributed by atoms with van der Waals surface area (Å²) >= 11 is 6.12. The first kappa shape index (κ1) is 22.6. The van der Waals surface area contributed by atoms with Crippen molar-refractivity contribution < 1.29 is 22.4 Å². The summed E-state index contributed by atoms with van der Waals surface area (Å²) in [5, 5.41) is 5.52. The van der Waals surface area contributed by atoms with Crippen LogP contribution >= 0.6 is 11.6 Å². The van der Waals surface area contributed by atoms with Crippen molar-refractivity contribution >= 4 is 50.6 Å². The molecular weight excluding hydrogens is 471 g/mol. The van der Waals surface area contributed by atoms with Crippen molar-refractivity contribution in [2.75, 3.05) is 28.0 Å². The summed E-state index contributed by atoms with van der Waals surface area (Å²) < 4.78 is 40.6. The number of hydrogen-bond donors (Lipinski definition) is 3. The van der Waals surface area contributed by atoms with E-state index in [4.69, 9.17) is 11.6 Å². The lowest BCUT2D eigenvalue weighted by Crippen LogP contribution is -2.27. The first-order valence-corrected chi connectivity index (χ1v) is 11.6. The van der Waals surface area contributed by atoms with Gasteiger partial charge in [-0.25, -0.2) is 17.6 Å². The molecule has 170 valence electrons. The van der Waals surface area contributed by atoms with E-state index >= 15 is 0 Å². The summed E-state index contributed by atoms with van der Waals surface area (Å²) in [4.78, 5) is 25.9. The van der Waals surface area contributed by atoms with Crippen molar-refractivity contribution in [1.82, 2.24) is 5.32 Å². The van der Waals surface area contributed by atoms with Crippen LogP contribution in [0.15, 0.2) is 71.6 Å². The van der Waals surface area contributed by atoms with Crippen LogP contribution in [0.2, 0.25) is 5.02 Å². The summed E-state index contributed by atoms with van der Waals surface area (Å²) in [6.07, 6.45) is 0. The standard InChI is InChI=1S/C22H18ClFN4O4S/c23-19-10-1-14(13-20(19)27-33(31,32)18-8-2-15(24)3-9-18)21(29)26-16-4-6-17(7-5-16)28-12-11-25-22(28)30/h1-10,13,27H,11-12H2,(H,25,30)(H,26,29). The second-order valence-corrected chi connectivity index (χ2v) is 9.23. The van der Waals surface area contributed by atoms with Gasteiger partial charge >= 0.3 is 6.03 Å². The largest absolute Gasteiger partial charge is 0.336 e. The molecular formula is C22H18ClFN4O4S. The summed E-state index contributed by atoms with van der Waals surface area (Å²) in [6, 6.07) is 15.0. The van der Waals surface area contributed by atoms with Gasteiger partial charge in [0, 0.05) is 30.0 Å². The van der Waals surface area contributed by atoms with Crippen molar-refractivity contribution in [2.24, 2.45) is 0 Å². The number of sulfonamides is 1. The number of urea groups is 1. The van der Waals surface area contributed by atoms with E-state index in [1.807, 2.05) is 0 Å². The van der Waals surface area contributed by atoms with E-state index in [2.05, 4.69) is 15.4 Å². The van der Waals surface area contributed by atoms with Gasteiger partial charge in [0.2, 0.25) is 0 Å². The van der Waals surface area contributed by atoms with Gasteiger partial charge in [-0.3, -0.25) is 14.4 Å². The highest BCUT2D eigenvalue weighted by Crippen LogP contribution is 2.27. The zero-order valence-electron chi connectivity index (χ0n) is 17.0. The minimum Gasteiger partial charge on any atom is -0.336 e. The van der Waals surface area contributed by atoms with Crippen LogP contribution in [-0.4, -0.2) is 33.4 Å². The Morgan fingerprint density at radius 3 is 2.36 bits per heavy atom. The van der Waals surface area contributed by atoms with Gasteiger partial charge in [0.1, 0.15) is 5.82 Å². The lowest BCUT2D eigenvalue weighted by Gasteiger charge is -2.15. The predicted octanol–water partition coefficient (Wildman–Crippen LogP) is 4.06. The molecule has 0 atom stereocenters. The van der Waals surface area contributed by atoms with Crippen LogP contribution < -0.4 is 20.3 Å². The van der Waals surface area contributed by atoms with Crippen molar-refractivity contribution in [3.63, 3.8) is 0 Å². The molecule has 0 bridgehead atoms. The van der Waals surface area contributed by atoms with Gasteiger partial charge in [-0.05, 0) is 66.7 Å². The molecule has 1 heterocycles. The molecule has 3 aromatic rings. The molecule has 1 saturated heterocycles. The lowest BCUT2D eigenvalue weighted by atomic mass is 10.2. The van der Waals surface area contributed by atoms with E-state index in [1.165, 1.54) is 18.2 Å². The molecule has 0 saturated carbocycles. The third kappa shape index (κ3) is 5.07. The number of hydrogen-bond acceptors (Lipinski definition) is 4. The number of nitrogens with zero attached hydrogens (tertiary/aromatic N) is 1. The maximum atomic E-state index is 13.1. The highest BCUT2D eigenvalue weighted by molar-refractivity contribution is 7.92. The maximum Gasteiger partial charge on any atom is 0.321 e. The van der Waals surface area contributed by atoms with Crippen LogP contribution in [-0.2, 0) is 10.0 Å². The fourth-order valence-electron chi connectivity index (χ4n) is 3.21. The minimum absolute atomic E-state index is 0.00374. The molecule has 11 heteroatoms. The Hall–Kier alpha value is -3.63. The van der Waals surface area contributed by atoms with Gasteiger partial charge in [-0.2, -0.15) is 0 Å². The number of rotatable bonds is 6. The summed E-state index contributed by atoms with van der Waals surface area (Å²) in [5.41, 5.74) is 1.36. The molecule has 3 N–H and O–H groups in total. The molecule has 1 aliphatic heterocycles. The molecule has 0 aliphatic carbocycles. The molecule has 4 rings (SSSR count). The van der Waals surface area contributed by atoms with Crippen molar-refractivity contribution in [1.29, 1.82) is 0 Å². The van der Waals surface area contributed by atoms with Crippen LogP contribution in [0.4, 0.5) is 26.2 Å². The van der Waals surface area contributed by atoms with E-state index in [0.29, 0.717) is 24.5 Å². The summed E-state index contributed by atoms with van der Waals surface area (Å²) in [5.74, 6) is -1.05. The van der Waals surface area contributed by atoms with E-state index in [9.17, 15) is 22.4 Å². The molecule has 1 aliphatic rings. The Morgan fingerprint density at radius 2 is 1.73 bits per heavy atom. The highest BCUT2D eigenvalue weighted by Gasteiger charge is 2.21. The first-order valence-electron chi connectivity index (χ1n) is 9.78. The third-order valence-electron chi connectivity index (χ3n) is 4.89. The number of carbonyl (C=O) groups is 2. The highest BCUT2D eigenvalue weighted by atomic mass is 35.5. The second-order valence-electron chi connectivity index (χ2n) is 7.14. The quantitative estimate of drug-likeness (QED) is 0.486. The number of nitrogens with one attached hydrogen (secondary N) is 3. The van der Waals surface area contributed by atoms with Gasteiger partial charge in [0.25, 0.3) is 15.9 Å². The predicted molar refractivity (Wildman–Crippen MR) is 124 cm³/mol. The Labute approximate surface area is 194 Å². The van der Waals surface area contributed by atoms with Gasteiger partial charge in [-0.1, -0.05) is 11.6 Å². The van der Waals surface area contributed by atoms with Crippen LogP contribution in [0.25, 0.3) is 0 Å². The molecule has 0 aromatic heterocycles. The summed E-state index contributed by atoms with van der Waals surface area (Å²) in [7, 11) is -4.04. The molecule has 33 heavy (non-hydrogen) atoms. The van der Waals surface area contributed by atoms with Crippen molar-refractivity contribution in [3.05, 3.63) is 83.1 Å². The van der Waals surface area contributed by atoms with Gasteiger partial charge < -0.3 is 10.6 Å².